The second kappa shape index (κ2) is 11.8. The van der Waals surface area contributed by atoms with Crippen LogP contribution < -0.4 is 19.0 Å². The highest BCUT2D eigenvalue weighted by Gasteiger charge is 2.19. The van der Waals surface area contributed by atoms with Crippen LogP contribution >= 0.6 is 0 Å². The SMILES string of the molecule is COc1cc(NC(=O)N(Cc2ccc(OS(=O)(=O)c3ccc(F)cc3)cc2)CC(C)C)cc(OC)c1. The van der Waals surface area contributed by atoms with Crippen molar-refractivity contribution in [1.29, 1.82) is 0 Å². The minimum Gasteiger partial charge on any atom is -0.497 e. The molecule has 3 aromatic carbocycles. The van der Waals surface area contributed by atoms with E-state index in [1.54, 1.807) is 35.2 Å². The second-order valence-electron chi connectivity index (χ2n) is 8.44. The Morgan fingerprint density at radius 2 is 1.50 bits per heavy atom. The number of ether oxygens (including phenoxy) is 2. The summed E-state index contributed by atoms with van der Waals surface area (Å²) in [6.07, 6.45) is 0. The second-order valence-corrected chi connectivity index (χ2v) is 9.99. The number of carbonyl (C=O) groups excluding carboxylic acids is 1. The average Bonchev–Trinajstić information content (AvgIpc) is 2.84. The summed E-state index contributed by atoms with van der Waals surface area (Å²) in [5.74, 6) is 0.863. The highest BCUT2D eigenvalue weighted by atomic mass is 32.2. The van der Waals surface area contributed by atoms with Gasteiger partial charge in [-0.3, -0.25) is 0 Å². The molecule has 3 rings (SSSR count). The van der Waals surface area contributed by atoms with E-state index in [1.807, 2.05) is 13.8 Å². The molecule has 2 amide bonds. The van der Waals surface area contributed by atoms with E-state index in [2.05, 4.69) is 5.32 Å². The van der Waals surface area contributed by atoms with Crippen molar-refractivity contribution in [3.05, 3.63) is 78.1 Å². The molecule has 0 unspecified atom stereocenters. The van der Waals surface area contributed by atoms with Gasteiger partial charge < -0.3 is 23.9 Å². The Morgan fingerprint density at radius 1 is 0.917 bits per heavy atom. The van der Waals surface area contributed by atoms with Crippen LogP contribution in [-0.2, 0) is 16.7 Å². The molecule has 10 heteroatoms. The van der Waals surface area contributed by atoms with Gasteiger partial charge in [-0.25, -0.2) is 9.18 Å². The van der Waals surface area contributed by atoms with Gasteiger partial charge in [0.1, 0.15) is 28.0 Å². The fourth-order valence-corrected chi connectivity index (χ4v) is 4.32. The molecule has 3 aromatic rings. The minimum atomic E-state index is -4.10. The third-order valence-corrected chi connectivity index (χ3v) is 6.34. The molecule has 0 saturated carbocycles. The summed E-state index contributed by atoms with van der Waals surface area (Å²) in [5, 5.41) is 2.88. The summed E-state index contributed by atoms with van der Waals surface area (Å²) in [6, 6.07) is 15.6. The molecule has 0 bridgehead atoms. The molecular weight excluding hydrogens is 487 g/mol. The van der Waals surface area contributed by atoms with Gasteiger partial charge in [-0.2, -0.15) is 8.42 Å². The number of nitrogens with zero attached hydrogens (tertiary/aromatic N) is 1. The lowest BCUT2D eigenvalue weighted by atomic mass is 10.1. The van der Waals surface area contributed by atoms with Crippen LogP contribution in [0.15, 0.2) is 71.6 Å². The summed E-state index contributed by atoms with van der Waals surface area (Å²) in [5.41, 5.74) is 1.31. The number of halogens is 1. The summed E-state index contributed by atoms with van der Waals surface area (Å²) in [7, 11) is -1.04. The van der Waals surface area contributed by atoms with Crippen LogP contribution in [0.2, 0.25) is 0 Å². The quantitative estimate of drug-likeness (QED) is 0.368. The fourth-order valence-electron chi connectivity index (χ4n) is 3.39. The Hall–Kier alpha value is -3.79. The standard InChI is InChI=1S/C26H29FN2O6S/c1-18(2)16-29(26(30)28-21-13-23(33-3)15-24(14-21)34-4)17-19-5-9-22(10-6-19)35-36(31,32)25-11-7-20(27)8-12-25/h5-15,18H,16-17H2,1-4H3,(H,28,30). The molecule has 0 aromatic heterocycles. The highest BCUT2D eigenvalue weighted by molar-refractivity contribution is 7.87. The van der Waals surface area contributed by atoms with E-state index in [0.717, 1.165) is 29.8 Å². The third-order valence-electron chi connectivity index (χ3n) is 5.08. The average molecular weight is 517 g/mol. The van der Waals surface area contributed by atoms with E-state index in [0.29, 0.717) is 23.7 Å². The van der Waals surface area contributed by atoms with Crippen molar-refractivity contribution >= 4 is 21.8 Å². The zero-order chi connectivity index (χ0) is 26.3. The van der Waals surface area contributed by atoms with Crippen LogP contribution in [0.25, 0.3) is 0 Å². The molecule has 0 aliphatic heterocycles. The third kappa shape index (κ3) is 7.35. The Balaban J connectivity index is 1.72. The molecule has 0 aliphatic carbocycles. The van der Waals surface area contributed by atoms with Gasteiger partial charge in [0.25, 0.3) is 0 Å². The number of rotatable bonds is 10. The number of nitrogens with one attached hydrogen (secondary N) is 1. The van der Waals surface area contributed by atoms with Gasteiger partial charge in [-0.05, 0) is 47.9 Å². The van der Waals surface area contributed by atoms with Gasteiger partial charge in [-0.1, -0.05) is 26.0 Å². The van der Waals surface area contributed by atoms with Crippen molar-refractivity contribution in [3.63, 3.8) is 0 Å². The van der Waals surface area contributed by atoms with E-state index in [9.17, 15) is 17.6 Å². The van der Waals surface area contributed by atoms with Crippen LogP contribution in [0, 0.1) is 11.7 Å². The number of anilines is 1. The van der Waals surface area contributed by atoms with Crippen LogP contribution in [0.5, 0.6) is 17.2 Å². The molecule has 0 heterocycles. The normalized spacial score (nSPS) is 11.2. The van der Waals surface area contributed by atoms with Crippen molar-refractivity contribution < 1.29 is 31.3 Å². The number of carbonyl (C=O) groups is 1. The molecule has 0 spiro atoms. The van der Waals surface area contributed by atoms with E-state index in [-0.39, 0.29) is 29.1 Å². The maximum absolute atomic E-state index is 13.1. The predicted octanol–water partition coefficient (Wildman–Crippen LogP) is 5.30. The number of hydrogen-bond donors (Lipinski definition) is 1. The van der Waals surface area contributed by atoms with Gasteiger partial charge in [0.05, 0.1) is 14.2 Å². The van der Waals surface area contributed by atoms with Crippen LogP contribution in [0.1, 0.15) is 19.4 Å². The van der Waals surface area contributed by atoms with Crippen LogP contribution in [-0.4, -0.2) is 40.1 Å². The zero-order valence-electron chi connectivity index (χ0n) is 20.5. The highest BCUT2D eigenvalue weighted by Crippen LogP contribution is 2.26. The lowest BCUT2D eigenvalue weighted by Gasteiger charge is -2.25. The number of hydrogen-bond acceptors (Lipinski definition) is 6. The van der Waals surface area contributed by atoms with Gasteiger partial charge in [0.2, 0.25) is 0 Å². The molecule has 0 saturated heterocycles. The Kier molecular flexibility index (Phi) is 8.76. The van der Waals surface area contributed by atoms with Crippen LogP contribution in [0.3, 0.4) is 0 Å². The van der Waals surface area contributed by atoms with E-state index >= 15 is 0 Å². The molecule has 36 heavy (non-hydrogen) atoms. The number of methoxy groups -OCH3 is 2. The maximum Gasteiger partial charge on any atom is 0.339 e. The smallest absolute Gasteiger partial charge is 0.339 e. The lowest BCUT2D eigenvalue weighted by Crippen LogP contribution is -2.37. The van der Waals surface area contributed by atoms with E-state index < -0.39 is 15.9 Å². The number of amides is 2. The first-order chi connectivity index (χ1) is 17.1. The summed E-state index contributed by atoms with van der Waals surface area (Å²) in [6.45, 7) is 4.79. The molecule has 8 nitrogen and oxygen atoms in total. The van der Waals surface area contributed by atoms with Crippen molar-refractivity contribution in [3.8, 4) is 17.2 Å². The summed E-state index contributed by atoms with van der Waals surface area (Å²) < 4.78 is 53.6. The molecule has 192 valence electrons. The first kappa shape index (κ1) is 26.8. The van der Waals surface area contributed by atoms with Gasteiger partial charge in [0, 0.05) is 37.0 Å². The summed E-state index contributed by atoms with van der Waals surface area (Å²) >= 11 is 0. The van der Waals surface area contributed by atoms with Crippen molar-refractivity contribution in [1.82, 2.24) is 4.90 Å². The first-order valence-electron chi connectivity index (χ1n) is 11.2. The predicted molar refractivity (Wildman–Crippen MR) is 134 cm³/mol. The van der Waals surface area contributed by atoms with Crippen LogP contribution in [0.4, 0.5) is 14.9 Å². The van der Waals surface area contributed by atoms with Crippen molar-refractivity contribution in [2.45, 2.75) is 25.3 Å². The first-order valence-corrected chi connectivity index (χ1v) is 12.6. The Morgan fingerprint density at radius 3 is 2.03 bits per heavy atom. The zero-order valence-corrected chi connectivity index (χ0v) is 21.3. The minimum absolute atomic E-state index is 0.103. The van der Waals surface area contributed by atoms with Gasteiger partial charge in [0.15, 0.2) is 0 Å². The largest absolute Gasteiger partial charge is 0.497 e. The lowest BCUT2D eigenvalue weighted by molar-refractivity contribution is 0.201. The molecular formula is C26H29FN2O6S. The summed E-state index contributed by atoms with van der Waals surface area (Å²) in [4.78, 5) is 14.6. The van der Waals surface area contributed by atoms with E-state index in [4.69, 9.17) is 13.7 Å². The maximum atomic E-state index is 13.1. The Labute approximate surface area is 210 Å². The fraction of sp³-hybridized carbons (Fsp3) is 0.269. The van der Waals surface area contributed by atoms with E-state index in [1.165, 1.54) is 26.4 Å². The van der Waals surface area contributed by atoms with Gasteiger partial charge in [-0.15, -0.1) is 0 Å². The number of benzene rings is 3. The molecule has 0 radical (unpaired) electrons. The Bertz CT molecular complexity index is 1260. The topological polar surface area (TPSA) is 94.2 Å². The van der Waals surface area contributed by atoms with Crippen molar-refractivity contribution in [2.75, 3.05) is 26.1 Å². The monoisotopic (exact) mass is 516 g/mol. The van der Waals surface area contributed by atoms with Gasteiger partial charge >= 0.3 is 16.1 Å². The molecule has 1 N–H and O–H groups in total. The van der Waals surface area contributed by atoms with Crippen molar-refractivity contribution in [2.24, 2.45) is 5.92 Å². The molecule has 0 fully saturated rings. The molecule has 0 atom stereocenters. The number of urea groups is 1. The molecule has 0 aliphatic rings.